The summed E-state index contributed by atoms with van der Waals surface area (Å²) >= 11 is 4.46. The SMILES string of the molecule is S=C=Nc1nc2ccccc2[nH]1. The van der Waals surface area contributed by atoms with Crippen LogP contribution in [0.3, 0.4) is 0 Å². The summed E-state index contributed by atoms with van der Waals surface area (Å²) in [5.74, 6) is 0.506. The van der Waals surface area contributed by atoms with E-state index in [1.165, 1.54) is 0 Å². The summed E-state index contributed by atoms with van der Waals surface area (Å²) in [6, 6.07) is 7.71. The molecule has 0 amide bonds. The topological polar surface area (TPSA) is 41.0 Å². The predicted molar refractivity (Wildman–Crippen MR) is 50.8 cm³/mol. The predicted octanol–water partition coefficient (Wildman–Crippen LogP) is 2.30. The molecule has 1 aromatic carbocycles. The minimum Gasteiger partial charge on any atom is -0.322 e. The van der Waals surface area contributed by atoms with Crippen LogP contribution in [0.4, 0.5) is 5.95 Å². The second-order valence-corrected chi connectivity index (χ2v) is 2.46. The Kier molecular flexibility index (Phi) is 1.70. The number of hydrogen-bond donors (Lipinski definition) is 1. The molecule has 3 nitrogen and oxygen atoms in total. The maximum atomic E-state index is 4.46. The second kappa shape index (κ2) is 2.85. The van der Waals surface area contributed by atoms with Gasteiger partial charge in [-0.1, -0.05) is 12.1 Å². The van der Waals surface area contributed by atoms with Gasteiger partial charge in [-0.15, -0.1) is 0 Å². The number of benzene rings is 1. The van der Waals surface area contributed by atoms with Crippen molar-refractivity contribution in [1.29, 1.82) is 0 Å². The number of H-pyrrole nitrogens is 1. The number of hydrogen-bond acceptors (Lipinski definition) is 3. The average Bonchev–Trinajstić information content (AvgIpc) is 2.47. The van der Waals surface area contributed by atoms with Gasteiger partial charge in [0.25, 0.3) is 0 Å². The Morgan fingerprint density at radius 1 is 1.42 bits per heavy atom. The van der Waals surface area contributed by atoms with Crippen LogP contribution in [0.15, 0.2) is 29.3 Å². The molecule has 0 unspecified atom stereocenters. The third-order valence-electron chi connectivity index (χ3n) is 1.53. The molecule has 0 atom stereocenters. The highest BCUT2D eigenvalue weighted by Crippen LogP contribution is 2.14. The zero-order valence-corrected chi connectivity index (χ0v) is 6.93. The van der Waals surface area contributed by atoms with Crippen LogP contribution in [0.2, 0.25) is 0 Å². The molecule has 58 valence electrons. The number of aromatic nitrogens is 2. The molecule has 2 rings (SSSR count). The van der Waals surface area contributed by atoms with Gasteiger partial charge in [0.2, 0.25) is 5.95 Å². The lowest BCUT2D eigenvalue weighted by Crippen LogP contribution is -1.63. The molecule has 0 aliphatic carbocycles. The average molecular weight is 175 g/mol. The minimum absolute atomic E-state index is 0.506. The summed E-state index contributed by atoms with van der Waals surface area (Å²) in [5.41, 5.74) is 1.85. The summed E-state index contributed by atoms with van der Waals surface area (Å²) < 4.78 is 0. The molecule has 0 bridgehead atoms. The summed E-state index contributed by atoms with van der Waals surface area (Å²) in [4.78, 5) is 10.9. The Morgan fingerprint density at radius 2 is 2.25 bits per heavy atom. The van der Waals surface area contributed by atoms with Gasteiger partial charge in [-0.2, -0.15) is 4.99 Å². The number of aliphatic imine (C=N–C) groups is 1. The molecule has 0 aliphatic rings. The fourth-order valence-corrected chi connectivity index (χ4v) is 1.12. The summed E-state index contributed by atoms with van der Waals surface area (Å²) in [6.07, 6.45) is 0. The van der Waals surface area contributed by atoms with Crippen LogP contribution in [0.25, 0.3) is 11.0 Å². The number of isothiocyanates is 1. The molecule has 0 fully saturated rings. The molecule has 1 N–H and O–H groups in total. The van der Waals surface area contributed by atoms with Crippen LogP contribution in [0, 0.1) is 0 Å². The van der Waals surface area contributed by atoms with Crippen molar-refractivity contribution in [2.45, 2.75) is 0 Å². The number of rotatable bonds is 1. The summed E-state index contributed by atoms with van der Waals surface area (Å²) in [5, 5.41) is 2.26. The van der Waals surface area contributed by atoms with Crippen molar-refractivity contribution in [3.8, 4) is 0 Å². The smallest absolute Gasteiger partial charge is 0.237 e. The Bertz CT molecular complexity index is 421. The van der Waals surface area contributed by atoms with E-state index in [-0.39, 0.29) is 0 Å². The van der Waals surface area contributed by atoms with E-state index in [2.05, 4.69) is 32.3 Å². The normalized spacial score (nSPS) is 9.67. The lowest BCUT2D eigenvalue weighted by molar-refractivity contribution is 1.28. The molecule has 0 radical (unpaired) electrons. The molecular weight excluding hydrogens is 170 g/mol. The Balaban J connectivity index is 2.69. The van der Waals surface area contributed by atoms with Gasteiger partial charge in [-0.3, -0.25) is 0 Å². The summed E-state index contributed by atoms with van der Waals surface area (Å²) in [6.45, 7) is 0. The Hall–Kier alpha value is -1.51. The lowest BCUT2D eigenvalue weighted by atomic mass is 10.3. The number of nitrogens with zero attached hydrogens (tertiary/aromatic N) is 2. The number of thiocarbonyl (C=S) groups is 1. The van der Waals surface area contributed by atoms with E-state index in [4.69, 9.17) is 0 Å². The monoisotopic (exact) mass is 175 g/mol. The third-order valence-corrected chi connectivity index (χ3v) is 1.62. The minimum atomic E-state index is 0.506. The van der Waals surface area contributed by atoms with Crippen molar-refractivity contribution < 1.29 is 0 Å². The largest absolute Gasteiger partial charge is 0.322 e. The van der Waals surface area contributed by atoms with Crippen molar-refractivity contribution in [3.05, 3.63) is 24.3 Å². The molecular formula is C8H5N3S. The second-order valence-electron chi connectivity index (χ2n) is 2.28. The number of para-hydroxylation sites is 2. The van der Waals surface area contributed by atoms with Crippen LogP contribution < -0.4 is 0 Å². The van der Waals surface area contributed by atoms with Gasteiger partial charge in [-0.25, -0.2) is 4.98 Å². The van der Waals surface area contributed by atoms with Crippen LogP contribution >= 0.6 is 12.2 Å². The Labute approximate surface area is 74.2 Å². The Morgan fingerprint density at radius 3 is 3.00 bits per heavy atom. The highest BCUT2D eigenvalue weighted by molar-refractivity contribution is 7.78. The number of imidazole rings is 1. The molecule has 0 aliphatic heterocycles. The highest BCUT2D eigenvalue weighted by atomic mass is 32.1. The number of fused-ring (bicyclic) bond motifs is 1. The first-order valence-corrected chi connectivity index (χ1v) is 3.83. The van der Waals surface area contributed by atoms with Crippen molar-refractivity contribution in [2.75, 3.05) is 0 Å². The molecule has 0 saturated carbocycles. The van der Waals surface area contributed by atoms with Crippen LogP contribution in [0.1, 0.15) is 0 Å². The van der Waals surface area contributed by atoms with E-state index in [1.54, 1.807) is 0 Å². The van der Waals surface area contributed by atoms with Gasteiger partial charge < -0.3 is 4.98 Å². The van der Waals surface area contributed by atoms with Gasteiger partial charge in [0.05, 0.1) is 16.2 Å². The zero-order chi connectivity index (χ0) is 8.39. The van der Waals surface area contributed by atoms with E-state index in [1.807, 2.05) is 24.3 Å². The maximum Gasteiger partial charge on any atom is 0.237 e. The first-order valence-electron chi connectivity index (χ1n) is 3.43. The molecule has 1 heterocycles. The van der Waals surface area contributed by atoms with E-state index in [0.29, 0.717) is 5.95 Å². The molecule has 0 saturated heterocycles. The van der Waals surface area contributed by atoms with Gasteiger partial charge in [0.15, 0.2) is 0 Å². The zero-order valence-electron chi connectivity index (χ0n) is 6.11. The lowest BCUT2D eigenvalue weighted by Gasteiger charge is -1.81. The van der Waals surface area contributed by atoms with Crippen LogP contribution in [-0.2, 0) is 0 Å². The van der Waals surface area contributed by atoms with Gasteiger partial charge in [0.1, 0.15) is 0 Å². The van der Waals surface area contributed by atoms with Crippen LogP contribution in [-0.4, -0.2) is 15.1 Å². The van der Waals surface area contributed by atoms with Crippen LogP contribution in [0.5, 0.6) is 0 Å². The highest BCUT2D eigenvalue weighted by Gasteiger charge is 1.97. The van der Waals surface area contributed by atoms with E-state index >= 15 is 0 Å². The van der Waals surface area contributed by atoms with Crippen molar-refractivity contribution >= 4 is 34.4 Å². The van der Waals surface area contributed by atoms with Gasteiger partial charge in [0, 0.05) is 0 Å². The van der Waals surface area contributed by atoms with E-state index in [0.717, 1.165) is 11.0 Å². The fraction of sp³-hybridized carbons (Fsp3) is 0. The van der Waals surface area contributed by atoms with E-state index < -0.39 is 0 Å². The van der Waals surface area contributed by atoms with E-state index in [9.17, 15) is 0 Å². The molecule has 1 aromatic heterocycles. The quantitative estimate of drug-likeness (QED) is 0.533. The maximum absolute atomic E-state index is 4.46. The molecule has 0 spiro atoms. The number of aromatic amines is 1. The molecule has 12 heavy (non-hydrogen) atoms. The number of nitrogens with one attached hydrogen (secondary N) is 1. The van der Waals surface area contributed by atoms with Crippen molar-refractivity contribution in [2.24, 2.45) is 4.99 Å². The first kappa shape index (κ1) is 7.16. The summed E-state index contributed by atoms with van der Waals surface area (Å²) in [7, 11) is 0. The first-order chi connectivity index (χ1) is 5.90. The standard InChI is InChI=1S/C8H5N3S/c12-5-9-8-10-6-3-1-2-4-7(6)11-8/h1-4H,(H,10,11). The van der Waals surface area contributed by atoms with Gasteiger partial charge >= 0.3 is 0 Å². The van der Waals surface area contributed by atoms with Gasteiger partial charge in [-0.05, 0) is 24.4 Å². The molecule has 4 heteroatoms. The third kappa shape index (κ3) is 1.13. The fourth-order valence-electron chi connectivity index (χ4n) is 1.04. The molecule has 2 aromatic rings. The van der Waals surface area contributed by atoms with Crippen molar-refractivity contribution in [1.82, 2.24) is 9.97 Å². The van der Waals surface area contributed by atoms with Crippen molar-refractivity contribution in [3.63, 3.8) is 0 Å².